The van der Waals surface area contributed by atoms with Crippen LogP contribution in [-0.4, -0.2) is 40.1 Å². The van der Waals surface area contributed by atoms with E-state index in [4.69, 9.17) is 4.74 Å². The predicted molar refractivity (Wildman–Crippen MR) is 149 cm³/mol. The zero-order valence-electron chi connectivity index (χ0n) is 21.8. The zero-order chi connectivity index (χ0) is 28.1. The fourth-order valence-corrected chi connectivity index (χ4v) is 8.09. The molecule has 3 heterocycles. The Morgan fingerprint density at radius 2 is 1.77 bits per heavy atom. The van der Waals surface area contributed by atoms with Crippen LogP contribution in [0, 0.1) is 12.8 Å². The number of carbonyl (C=O) groups excluding carboxylic acids is 4. The minimum Gasteiger partial charge on any atom is -0.462 e. The number of esters is 1. The summed E-state index contributed by atoms with van der Waals surface area (Å²) in [7, 11) is 0. The Bertz CT molecular complexity index is 1560. The van der Waals surface area contributed by atoms with Crippen molar-refractivity contribution in [2.45, 2.75) is 49.9 Å². The number of benzene rings is 2. The number of hydrogen-bond acceptors (Lipinski definition) is 8. The molecule has 2 aromatic carbocycles. The first kappa shape index (κ1) is 26.9. The number of rotatable bonds is 6. The molecule has 1 aromatic heterocycles. The lowest BCUT2D eigenvalue weighted by atomic mass is 9.76. The molecule has 202 valence electrons. The Morgan fingerprint density at radius 3 is 2.44 bits per heavy atom. The van der Waals surface area contributed by atoms with Crippen molar-refractivity contribution in [3.63, 3.8) is 0 Å². The fraction of sp³-hybridized carbons (Fsp3) is 0.321. The van der Waals surface area contributed by atoms with Crippen molar-refractivity contribution < 1.29 is 23.9 Å². The highest BCUT2D eigenvalue weighted by molar-refractivity contribution is 8.00. The van der Waals surface area contributed by atoms with Crippen molar-refractivity contribution in [1.29, 1.82) is 0 Å². The van der Waals surface area contributed by atoms with Gasteiger partial charge in [0, 0.05) is 16.0 Å². The lowest BCUT2D eigenvalue weighted by molar-refractivity contribution is -0.123. The summed E-state index contributed by atoms with van der Waals surface area (Å²) in [5.41, 5.74) is 1.49. The maximum absolute atomic E-state index is 13.7. The van der Waals surface area contributed by atoms with Crippen LogP contribution in [0.3, 0.4) is 0 Å². The van der Waals surface area contributed by atoms with Crippen LogP contribution in [0.1, 0.15) is 41.6 Å². The van der Waals surface area contributed by atoms with Crippen LogP contribution in [0.15, 0.2) is 58.4 Å². The van der Waals surface area contributed by atoms with Crippen LogP contribution in [0.5, 0.6) is 0 Å². The van der Waals surface area contributed by atoms with E-state index in [0.717, 1.165) is 33.6 Å². The number of nitrogens with one attached hydrogen (secondary N) is 1. The minimum atomic E-state index is -0.820. The molecule has 0 bridgehead atoms. The van der Waals surface area contributed by atoms with Gasteiger partial charge in [-0.25, -0.2) is 9.69 Å². The number of aryl methyl sites for hydroxylation is 1. The molecular formula is C28H27N3O6S2. The molecule has 2 aliphatic rings. The zero-order valence-corrected chi connectivity index (χ0v) is 23.5. The van der Waals surface area contributed by atoms with Gasteiger partial charge in [-0.05, 0) is 55.8 Å². The molecule has 9 nitrogen and oxygen atoms in total. The maximum Gasteiger partial charge on any atom is 0.338 e. The lowest BCUT2D eigenvalue weighted by Gasteiger charge is -2.36. The Morgan fingerprint density at radius 1 is 1.05 bits per heavy atom. The Labute approximate surface area is 233 Å². The van der Waals surface area contributed by atoms with Crippen molar-refractivity contribution in [2.75, 3.05) is 16.8 Å². The van der Waals surface area contributed by atoms with E-state index in [2.05, 4.69) is 5.32 Å². The summed E-state index contributed by atoms with van der Waals surface area (Å²) in [5.74, 6) is -2.29. The Hall–Kier alpha value is -3.70. The second-order valence-corrected chi connectivity index (χ2v) is 12.1. The molecule has 39 heavy (non-hydrogen) atoms. The number of thiazole rings is 1. The van der Waals surface area contributed by atoms with Crippen LogP contribution in [-0.2, 0) is 31.1 Å². The molecule has 0 aliphatic carbocycles. The molecule has 1 N–H and O–H groups in total. The number of imide groups is 1. The fourth-order valence-electron chi connectivity index (χ4n) is 5.05. The summed E-state index contributed by atoms with van der Waals surface area (Å²) in [4.78, 5) is 66.7. The van der Waals surface area contributed by atoms with Gasteiger partial charge in [-0.15, -0.1) is 0 Å². The summed E-state index contributed by atoms with van der Waals surface area (Å²) < 4.78 is 6.40. The Balaban J connectivity index is 1.42. The van der Waals surface area contributed by atoms with Gasteiger partial charge in [-0.1, -0.05) is 49.1 Å². The molecule has 0 spiro atoms. The van der Waals surface area contributed by atoms with Gasteiger partial charge in [-0.3, -0.25) is 23.7 Å². The van der Waals surface area contributed by atoms with E-state index in [1.54, 1.807) is 25.1 Å². The van der Waals surface area contributed by atoms with Gasteiger partial charge in [0.25, 0.3) is 0 Å². The van der Waals surface area contributed by atoms with Gasteiger partial charge in [0.05, 0.1) is 28.8 Å². The highest BCUT2D eigenvalue weighted by Gasteiger charge is 2.59. The number of thioether (sulfide) groups is 1. The van der Waals surface area contributed by atoms with Crippen molar-refractivity contribution in [2.24, 2.45) is 5.92 Å². The number of anilines is 2. The summed E-state index contributed by atoms with van der Waals surface area (Å²) in [6, 6.07) is 13.5. The average Bonchev–Trinajstić information content (AvgIpc) is 3.33. The van der Waals surface area contributed by atoms with Crippen LogP contribution >= 0.6 is 23.1 Å². The van der Waals surface area contributed by atoms with Crippen molar-refractivity contribution in [3.8, 4) is 0 Å². The third kappa shape index (κ3) is 4.70. The second kappa shape index (κ2) is 10.1. The highest BCUT2D eigenvalue weighted by atomic mass is 32.2. The van der Waals surface area contributed by atoms with Crippen molar-refractivity contribution in [1.82, 2.24) is 4.57 Å². The number of fused-ring (bicyclic) bond motifs is 2. The Kier molecular flexibility index (Phi) is 6.98. The molecule has 11 heteroatoms. The topological polar surface area (TPSA) is 115 Å². The van der Waals surface area contributed by atoms with Crippen LogP contribution in [0.4, 0.5) is 11.4 Å². The van der Waals surface area contributed by atoms with Crippen molar-refractivity contribution in [3.05, 3.63) is 74.2 Å². The summed E-state index contributed by atoms with van der Waals surface area (Å²) in [6.45, 7) is 7.37. The molecule has 0 saturated carbocycles. The smallest absolute Gasteiger partial charge is 0.338 e. The number of ether oxygens (including phenoxy) is 1. The minimum absolute atomic E-state index is 0.208. The number of nitrogens with zero attached hydrogens (tertiary/aromatic N) is 2. The summed E-state index contributed by atoms with van der Waals surface area (Å²) >= 11 is 2.17. The molecule has 3 amide bonds. The maximum atomic E-state index is 13.7. The standard InChI is InChI=1S/C28H27N3O6S2/c1-5-37-26(35)16-9-11-18(12-10-16)31-23(33)20-21(24(31)34)38-25-22(28(20,3)4)39-27(36)30(25)14-19(32)29-17-8-6-7-15(2)13-17/h6-13,20-21H,5,14H2,1-4H3,(H,29,32)/t20-,21+/m1/s1. The first-order chi connectivity index (χ1) is 18.5. The number of carbonyl (C=O) groups is 4. The van der Waals surface area contributed by atoms with E-state index >= 15 is 0 Å². The van der Waals surface area contributed by atoms with E-state index in [0.29, 0.717) is 26.8 Å². The van der Waals surface area contributed by atoms with Gasteiger partial charge < -0.3 is 10.1 Å². The molecule has 1 fully saturated rings. The molecule has 1 saturated heterocycles. The highest BCUT2D eigenvalue weighted by Crippen LogP contribution is 2.54. The number of amides is 3. The molecule has 0 radical (unpaired) electrons. The van der Waals surface area contributed by atoms with Gasteiger partial charge in [0.15, 0.2) is 0 Å². The molecule has 2 atom stereocenters. The molecular weight excluding hydrogens is 538 g/mol. The lowest BCUT2D eigenvalue weighted by Crippen LogP contribution is -2.41. The second-order valence-electron chi connectivity index (χ2n) is 10.0. The quantitative estimate of drug-likeness (QED) is 0.355. The summed E-state index contributed by atoms with van der Waals surface area (Å²) in [6.07, 6.45) is 0. The van der Waals surface area contributed by atoms with E-state index in [1.165, 1.54) is 16.7 Å². The van der Waals surface area contributed by atoms with E-state index in [-0.39, 0.29) is 29.8 Å². The monoisotopic (exact) mass is 565 g/mol. The predicted octanol–water partition coefficient (Wildman–Crippen LogP) is 3.98. The third-order valence-corrected chi connectivity index (χ3v) is 9.77. The first-order valence-electron chi connectivity index (χ1n) is 12.4. The molecule has 3 aromatic rings. The van der Waals surface area contributed by atoms with Gasteiger partial charge in [0.2, 0.25) is 17.7 Å². The summed E-state index contributed by atoms with van der Waals surface area (Å²) in [5, 5.41) is 2.60. The third-order valence-electron chi connectivity index (χ3n) is 6.94. The van der Waals surface area contributed by atoms with E-state index in [1.807, 2.05) is 39.0 Å². The van der Waals surface area contributed by atoms with E-state index in [9.17, 15) is 24.0 Å². The number of aromatic nitrogens is 1. The van der Waals surface area contributed by atoms with Crippen LogP contribution in [0.2, 0.25) is 0 Å². The average molecular weight is 566 g/mol. The van der Waals surface area contributed by atoms with Crippen LogP contribution in [0.25, 0.3) is 0 Å². The normalized spacial score (nSPS) is 19.4. The SMILES string of the molecule is CCOC(=O)c1ccc(N2C(=O)[C@H]3Sc4c(sc(=O)n4CC(=O)Nc4cccc(C)c4)C(C)(C)[C@H]3C2=O)cc1. The van der Waals surface area contributed by atoms with Gasteiger partial charge in [0.1, 0.15) is 11.8 Å². The first-order valence-corrected chi connectivity index (χ1v) is 14.1. The van der Waals surface area contributed by atoms with E-state index < -0.39 is 28.5 Å². The van der Waals surface area contributed by atoms with Crippen molar-refractivity contribution >= 4 is 58.2 Å². The van der Waals surface area contributed by atoms with Gasteiger partial charge >= 0.3 is 10.8 Å². The molecule has 0 unspecified atom stereocenters. The number of hydrogen-bond donors (Lipinski definition) is 1. The van der Waals surface area contributed by atoms with Gasteiger partial charge in [-0.2, -0.15) is 0 Å². The largest absolute Gasteiger partial charge is 0.462 e. The van der Waals surface area contributed by atoms with Crippen LogP contribution < -0.4 is 15.1 Å². The molecule has 2 aliphatic heterocycles. The molecule has 5 rings (SSSR count).